The molecule has 0 N–H and O–H groups in total. The first-order valence-corrected chi connectivity index (χ1v) is 7.57. The van der Waals surface area contributed by atoms with E-state index in [0.29, 0.717) is 0 Å². The van der Waals surface area contributed by atoms with Crippen molar-refractivity contribution in [3.63, 3.8) is 0 Å². The third-order valence-corrected chi connectivity index (χ3v) is 4.39. The molecule has 1 heterocycles. The standard InChI is InChI=1S/C9H15ClO3S/c10-14(11,12)7-8-3-6-9(13-8)4-1-2-5-9/h8H,1-7H2. The van der Waals surface area contributed by atoms with E-state index in [2.05, 4.69) is 0 Å². The summed E-state index contributed by atoms with van der Waals surface area (Å²) in [7, 11) is 1.79. The third-order valence-electron chi connectivity index (χ3n) is 3.24. The highest BCUT2D eigenvalue weighted by molar-refractivity contribution is 8.13. The van der Waals surface area contributed by atoms with Gasteiger partial charge in [-0.05, 0) is 25.7 Å². The van der Waals surface area contributed by atoms with Gasteiger partial charge in [0.1, 0.15) is 0 Å². The minimum atomic E-state index is -3.41. The Bertz CT molecular complexity index is 306. The van der Waals surface area contributed by atoms with Crippen LogP contribution < -0.4 is 0 Å². The van der Waals surface area contributed by atoms with Crippen LogP contribution in [0.5, 0.6) is 0 Å². The zero-order valence-electron chi connectivity index (χ0n) is 8.04. The molecule has 1 saturated carbocycles. The molecular formula is C9H15ClO3S. The molecule has 0 radical (unpaired) electrons. The molecule has 1 atom stereocenters. The molecule has 0 aromatic heterocycles. The van der Waals surface area contributed by atoms with Crippen LogP contribution in [0.4, 0.5) is 0 Å². The van der Waals surface area contributed by atoms with Crippen LogP contribution in [0.1, 0.15) is 38.5 Å². The second-order valence-corrected chi connectivity index (χ2v) is 7.20. The van der Waals surface area contributed by atoms with Crippen LogP contribution in [0, 0.1) is 0 Å². The lowest BCUT2D eigenvalue weighted by atomic mass is 9.98. The Hall–Kier alpha value is 0.200. The molecule has 0 bridgehead atoms. The van der Waals surface area contributed by atoms with E-state index in [0.717, 1.165) is 25.7 Å². The van der Waals surface area contributed by atoms with E-state index >= 15 is 0 Å². The van der Waals surface area contributed by atoms with Gasteiger partial charge in [-0.2, -0.15) is 0 Å². The predicted octanol–water partition coefficient (Wildman–Crippen LogP) is 2.05. The average molecular weight is 239 g/mol. The summed E-state index contributed by atoms with van der Waals surface area (Å²) in [5.41, 5.74) is 0.00620. The normalized spacial score (nSPS) is 31.4. The number of halogens is 1. The van der Waals surface area contributed by atoms with Gasteiger partial charge in [-0.1, -0.05) is 12.8 Å². The van der Waals surface area contributed by atoms with Gasteiger partial charge in [-0.3, -0.25) is 0 Å². The number of hydrogen-bond donors (Lipinski definition) is 0. The van der Waals surface area contributed by atoms with Crippen molar-refractivity contribution in [2.45, 2.75) is 50.2 Å². The molecule has 1 unspecified atom stereocenters. The highest BCUT2D eigenvalue weighted by atomic mass is 35.7. The van der Waals surface area contributed by atoms with Crippen LogP contribution in [0.15, 0.2) is 0 Å². The minimum absolute atomic E-state index is 0.00620. The molecule has 0 aromatic rings. The Balaban J connectivity index is 1.94. The fourth-order valence-electron chi connectivity index (χ4n) is 2.62. The molecule has 82 valence electrons. The quantitative estimate of drug-likeness (QED) is 0.692. The molecule has 1 aliphatic carbocycles. The Morgan fingerprint density at radius 3 is 2.50 bits per heavy atom. The van der Waals surface area contributed by atoms with Gasteiger partial charge in [0.15, 0.2) is 0 Å². The van der Waals surface area contributed by atoms with Crippen molar-refractivity contribution in [1.82, 2.24) is 0 Å². The van der Waals surface area contributed by atoms with Crippen LogP contribution in [-0.2, 0) is 13.8 Å². The lowest BCUT2D eigenvalue weighted by molar-refractivity contribution is -0.0271. The first-order valence-electron chi connectivity index (χ1n) is 5.09. The van der Waals surface area contributed by atoms with Gasteiger partial charge in [-0.15, -0.1) is 0 Å². The summed E-state index contributed by atoms with van der Waals surface area (Å²) < 4.78 is 27.6. The van der Waals surface area contributed by atoms with Crippen molar-refractivity contribution in [2.75, 3.05) is 5.75 Å². The van der Waals surface area contributed by atoms with Crippen molar-refractivity contribution in [2.24, 2.45) is 0 Å². The van der Waals surface area contributed by atoms with Gasteiger partial charge in [0, 0.05) is 10.7 Å². The van der Waals surface area contributed by atoms with Crippen LogP contribution >= 0.6 is 10.7 Å². The molecule has 2 rings (SSSR count). The van der Waals surface area contributed by atoms with Crippen molar-refractivity contribution in [3.8, 4) is 0 Å². The second kappa shape index (κ2) is 3.65. The molecule has 3 nitrogen and oxygen atoms in total. The molecule has 1 aliphatic heterocycles. The average Bonchev–Trinajstić information content (AvgIpc) is 2.60. The van der Waals surface area contributed by atoms with Crippen molar-refractivity contribution in [1.29, 1.82) is 0 Å². The number of rotatable bonds is 2. The molecule has 5 heteroatoms. The monoisotopic (exact) mass is 238 g/mol. The molecule has 14 heavy (non-hydrogen) atoms. The second-order valence-electron chi connectivity index (χ2n) is 4.37. The fraction of sp³-hybridized carbons (Fsp3) is 1.00. The summed E-state index contributed by atoms with van der Waals surface area (Å²) in [4.78, 5) is 0. The van der Waals surface area contributed by atoms with Gasteiger partial charge >= 0.3 is 0 Å². The van der Waals surface area contributed by atoms with E-state index < -0.39 is 9.05 Å². The third kappa shape index (κ3) is 2.41. The smallest absolute Gasteiger partial charge is 0.235 e. The molecule has 2 aliphatic rings. The largest absolute Gasteiger partial charge is 0.371 e. The Labute approximate surface area is 89.2 Å². The Morgan fingerprint density at radius 2 is 1.93 bits per heavy atom. The van der Waals surface area contributed by atoms with Gasteiger partial charge in [-0.25, -0.2) is 8.42 Å². The van der Waals surface area contributed by atoms with E-state index in [1.54, 1.807) is 0 Å². The summed E-state index contributed by atoms with van der Waals surface area (Å²) in [5, 5.41) is 0. The van der Waals surface area contributed by atoms with Crippen molar-refractivity contribution in [3.05, 3.63) is 0 Å². The molecular weight excluding hydrogens is 224 g/mol. The molecule has 2 fully saturated rings. The highest BCUT2D eigenvalue weighted by Crippen LogP contribution is 2.43. The fourth-order valence-corrected chi connectivity index (χ4v) is 3.72. The minimum Gasteiger partial charge on any atom is -0.371 e. The van der Waals surface area contributed by atoms with Gasteiger partial charge < -0.3 is 4.74 Å². The maximum atomic E-state index is 10.9. The zero-order valence-corrected chi connectivity index (χ0v) is 9.61. The van der Waals surface area contributed by atoms with Crippen molar-refractivity contribution >= 4 is 19.7 Å². The number of hydrogen-bond acceptors (Lipinski definition) is 3. The maximum absolute atomic E-state index is 10.9. The van der Waals surface area contributed by atoms with Gasteiger partial charge in [0.2, 0.25) is 9.05 Å². The lowest BCUT2D eigenvalue weighted by Crippen LogP contribution is -2.27. The Morgan fingerprint density at radius 1 is 1.29 bits per heavy atom. The molecule has 0 aromatic carbocycles. The summed E-state index contributed by atoms with van der Waals surface area (Å²) >= 11 is 0. The molecule has 0 amide bonds. The summed E-state index contributed by atoms with van der Waals surface area (Å²) in [6.45, 7) is 0. The topological polar surface area (TPSA) is 43.4 Å². The lowest BCUT2D eigenvalue weighted by Gasteiger charge is -2.23. The van der Waals surface area contributed by atoms with Crippen LogP contribution in [0.2, 0.25) is 0 Å². The van der Waals surface area contributed by atoms with Crippen LogP contribution in [0.3, 0.4) is 0 Å². The van der Waals surface area contributed by atoms with E-state index in [1.165, 1.54) is 12.8 Å². The van der Waals surface area contributed by atoms with E-state index in [1.807, 2.05) is 0 Å². The molecule has 1 saturated heterocycles. The first-order chi connectivity index (χ1) is 6.49. The summed E-state index contributed by atoms with van der Waals surface area (Å²) in [6.07, 6.45) is 6.27. The number of ether oxygens (including phenoxy) is 1. The van der Waals surface area contributed by atoms with Crippen LogP contribution in [0.25, 0.3) is 0 Å². The summed E-state index contributed by atoms with van der Waals surface area (Å²) in [5.74, 6) is -0.0314. The van der Waals surface area contributed by atoms with Crippen LogP contribution in [-0.4, -0.2) is 25.9 Å². The van der Waals surface area contributed by atoms with E-state index in [9.17, 15) is 8.42 Å². The predicted molar refractivity (Wildman–Crippen MR) is 54.9 cm³/mol. The van der Waals surface area contributed by atoms with Crippen molar-refractivity contribution < 1.29 is 13.2 Å². The SMILES string of the molecule is O=S(=O)(Cl)CC1CCC2(CCCC2)O1. The summed E-state index contributed by atoms with van der Waals surface area (Å²) in [6, 6.07) is 0. The van der Waals surface area contributed by atoms with E-state index in [4.69, 9.17) is 15.4 Å². The molecule has 1 spiro atoms. The first kappa shape index (κ1) is 10.7. The van der Waals surface area contributed by atoms with Gasteiger partial charge in [0.05, 0.1) is 17.5 Å². The maximum Gasteiger partial charge on any atom is 0.235 e. The van der Waals surface area contributed by atoms with E-state index in [-0.39, 0.29) is 17.5 Å². The highest BCUT2D eigenvalue weighted by Gasteiger charge is 2.42. The van der Waals surface area contributed by atoms with Gasteiger partial charge in [0.25, 0.3) is 0 Å². The zero-order chi connectivity index (χ0) is 10.2. The Kier molecular flexibility index (Phi) is 2.79.